The molecule has 1 aromatic carbocycles. The fourth-order valence-corrected chi connectivity index (χ4v) is 2.95. The first-order chi connectivity index (χ1) is 9.01. The normalized spacial score (nSPS) is 25.4. The Balaban J connectivity index is 2.19. The van der Waals surface area contributed by atoms with Gasteiger partial charge in [0.15, 0.2) is 0 Å². The first-order valence-electron chi connectivity index (χ1n) is 6.88. The lowest BCUT2D eigenvalue weighted by Gasteiger charge is -2.37. The molecule has 2 rings (SSSR count). The van der Waals surface area contributed by atoms with Crippen molar-refractivity contribution in [2.24, 2.45) is 0 Å². The van der Waals surface area contributed by atoms with Gasteiger partial charge in [0.25, 0.3) is 0 Å². The molecule has 1 saturated heterocycles. The van der Waals surface area contributed by atoms with E-state index in [1.807, 2.05) is 7.05 Å². The quantitative estimate of drug-likeness (QED) is 0.921. The van der Waals surface area contributed by atoms with Gasteiger partial charge in [-0.2, -0.15) is 0 Å². The van der Waals surface area contributed by atoms with Crippen molar-refractivity contribution in [2.75, 3.05) is 25.0 Å². The van der Waals surface area contributed by atoms with Gasteiger partial charge in [-0.1, -0.05) is 17.7 Å². The van der Waals surface area contributed by atoms with E-state index in [9.17, 15) is 0 Å². The van der Waals surface area contributed by atoms with Crippen LogP contribution in [0.3, 0.4) is 0 Å². The molecule has 1 unspecified atom stereocenters. The highest BCUT2D eigenvalue weighted by Crippen LogP contribution is 2.29. The topological polar surface area (TPSA) is 24.5 Å². The maximum absolute atomic E-state index is 6.40. The lowest BCUT2D eigenvalue weighted by molar-refractivity contribution is -0.00521. The second-order valence-corrected chi connectivity index (χ2v) is 5.79. The van der Waals surface area contributed by atoms with E-state index >= 15 is 0 Å². The van der Waals surface area contributed by atoms with E-state index in [1.165, 1.54) is 5.69 Å². The van der Waals surface area contributed by atoms with Crippen molar-refractivity contribution in [3.05, 3.63) is 28.8 Å². The largest absolute Gasteiger partial charge is 0.372 e. The molecule has 0 aromatic heterocycles. The molecule has 0 amide bonds. The Morgan fingerprint density at radius 2 is 1.95 bits per heavy atom. The molecule has 0 radical (unpaired) electrons. The van der Waals surface area contributed by atoms with E-state index in [4.69, 9.17) is 16.3 Å². The second kappa shape index (κ2) is 6.12. The summed E-state index contributed by atoms with van der Waals surface area (Å²) in [5.74, 6) is 0. The molecule has 1 aromatic rings. The van der Waals surface area contributed by atoms with E-state index in [2.05, 4.69) is 49.2 Å². The lowest BCUT2D eigenvalue weighted by atomic mass is 10.1. The van der Waals surface area contributed by atoms with Crippen LogP contribution in [-0.4, -0.2) is 32.3 Å². The Morgan fingerprint density at radius 3 is 2.47 bits per heavy atom. The Bertz CT molecular complexity index is 428. The molecule has 106 valence electrons. The number of nitrogens with one attached hydrogen (secondary N) is 1. The third-order valence-electron chi connectivity index (χ3n) is 3.67. The number of halogens is 1. The van der Waals surface area contributed by atoms with Crippen LogP contribution in [0.15, 0.2) is 18.2 Å². The summed E-state index contributed by atoms with van der Waals surface area (Å²) in [7, 11) is 1.94. The third-order valence-corrected chi connectivity index (χ3v) is 4.00. The van der Waals surface area contributed by atoms with Crippen LogP contribution in [0.4, 0.5) is 5.69 Å². The fourth-order valence-electron chi connectivity index (χ4n) is 2.61. The Labute approximate surface area is 120 Å². The number of anilines is 1. The fraction of sp³-hybridized carbons (Fsp3) is 0.600. The monoisotopic (exact) mass is 282 g/mol. The van der Waals surface area contributed by atoms with Crippen molar-refractivity contribution >= 4 is 17.3 Å². The van der Waals surface area contributed by atoms with Gasteiger partial charge in [-0.05, 0) is 45.5 Å². The highest BCUT2D eigenvalue weighted by atomic mass is 35.5. The maximum atomic E-state index is 6.40. The molecular formula is C15H23ClN2O. The molecule has 0 bridgehead atoms. The average Bonchev–Trinajstić information content (AvgIpc) is 2.36. The van der Waals surface area contributed by atoms with Crippen molar-refractivity contribution in [3.8, 4) is 0 Å². The Hall–Kier alpha value is -0.770. The van der Waals surface area contributed by atoms with Gasteiger partial charge < -0.3 is 15.0 Å². The molecular weight excluding hydrogens is 260 g/mol. The number of benzene rings is 1. The average molecular weight is 283 g/mol. The van der Waals surface area contributed by atoms with Crippen LogP contribution in [0, 0.1) is 0 Å². The number of ether oxygens (including phenoxy) is 1. The predicted molar refractivity (Wildman–Crippen MR) is 81.1 cm³/mol. The van der Waals surface area contributed by atoms with E-state index < -0.39 is 0 Å². The summed E-state index contributed by atoms with van der Waals surface area (Å²) < 4.78 is 5.76. The third kappa shape index (κ3) is 3.41. The highest BCUT2D eigenvalue weighted by Gasteiger charge is 2.23. The van der Waals surface area contributed by atoms with Gasteiger partial charge in [0.2, 0.25) is 0 Å². The maximum Gasteiger partial charge on any atom is 0.0726 e. The van der Waals surface area contributed by atoms with Crippen molar-refractivity contribution in [1.29, 1.82) is 0 Å². The molecule has 1 aliphatic heterocycles. The number of morpholine rings is 1. The van der Waals surface area contributed by atoms with Crippen molar-refractivity contribution in [2.45, 2.75) is 39.0 Å². The molecule has 0 aliphatic carbocycles. The summed E-state index contributed by atoms with van der Waals surface area (Å²) >= 11 is 6.40. The molecule has 19 heavy (non-hydrogen) atoms. The van der Waals surface area contributed by atoms with Gasteiger partial charge in [-0.3, -0.25) is 0 Å². The molecule has 0 saturated carbocycles. The zero-order chi connectivity index (χ0) is 14.0. The minimum absolute atomic E-state index is 0.262. The minimum atomic E-state index is 0.262. The smallest absolute Gasteiger partial charge is 0.0726 e. The molecule has 4 heteroatoms. The van der Waals surface area contributed by atoms with Crippen molar-refractivity contribution in [3.63, 3.8) is 0 Å². The van der Waals surface area contributed by atoms with Crippen LogP contribution >= 0.6 is 11.6 Å². The lowest BCUT2D eigenvalue weighted by Crippen LogP contribution is -2.45. The van der Waals surface area contributed by atoms with E-state index in [0.717, 1.165) is 23.7 Å². The molecule has 3 nitrogen and oxygen atoms in total. The van der Waals surface area contributed by atoms with Gasteiger partial charge in [0, 0.05) is 29.8 Å². The second-order valence-electron chi connectivity index (χ2n) is 5.38. The van der Waals surface area contributed by atoms with Crippen molar-refractivity contribution < 1.29 is 4.74 Å². The van der Waals surface area contributed by atoms with Crippen LogP contribution in [0.1, 0.15) is 32.4 Å². The summed E-state index contributed by atoms with van der Waals surface area (Å²) in [5.41, 5.74) is 2.32. The van der Waals surface area contributed by atoms with Gasteiger partial charge in [0.1, 0.15) is 0 Å². The molecule has 1 aliphatic rings. The van der Waals surface area contributed by atoms with Crippen LogP contribution in [0.5, 0.6) is 0 Å². The molecule has 1 N–H and O–H groups in total. The first-order valence-corrected chi connectivity index (χ1v) is 7.26. The van der Waals surface area contributed by atoms with Crippen molar-refractivity contribution in [1.82, 2.24) is 5.32 Å². The summed E-state index contributed by atoms with van der Waals surface area (Å²) in [6, 6.07) is 6.60. The van der Waals surface area contributed by atoms with E-state index in [-0.39, 0.29) is 18.2 Å². The van der Waals surface area contributed by atoms with Crippen LogP contribution in [0.25, 0.3) is 0 Å². The zero-order valence-electron chi connectivity index (χ0n) is 12.1. The number of hydrogen-bond donors (Lipinski definition) is 1. The molecule has 3 atom stereocenters. The standard InChI is InChI=1S/C15H23ClN2O/c1-10-8-18(9-11(2)19-10)13-5-6-14(12(3)17-4)15(16)7-13/h5-7,10-12,17H,8-9H2,1-4H3/t10-,11+,12?. The number of nitrogens with zero attached hydrogens (tertiary/aromatic N) is 1. The summed E-state index contributed by atoms with van der Waals surface area (Å²) in [5, 5.41) is 4.04. The predicted octanol–water partition coefficient (Wildman–Crippen LogP) is 3.23. The number of rotatable bonds is 3. The Kier molecular flexibility index (Phi) is 4.71. The van der Waals surface area contributed by atoms with Gasteiger partial charge >= 0.3 is 0 Å². The highest BCUT2D eigenvalue weighted by molar-refractivity contribution is 6.31. The van der Waals surface area contributed by atoms with Gasteiger partial charge in [-0.15, -0.1) is 0 Å². The molecule has 1 fully saturated rings. The number of hydrogen-bond acceptors (Lipinski definition) is 3. The minimum Gasteiger partial charge on any atom is -0.372 e. The molecule has 0 spiro atoms. The summed E-state index contributed by atoms with van der Waals surface area (Å²) in [4.78, 5) is 2.35. The molecule has 1 heterocycles. The first kappa shape index (κ1) is 14.6. The van der Waals surface area contributed by atoms with Gasteiger partial charge in [-0.25, -0.2) is 0 Å². The summed E-state index contributed by atoms with van der Waals surface area (Å²) in [6.45, 7) is 8.17. The van der Waals surface area contributed by atoms with E-state index in [0.29, 0.717) is 0 Å². The SMILES string of the molecule is CNC(C)c1ccc(N2C[C@@H](C)O[C@@H](C)C2)cc1Cl. The van der Waals surface area contributed by atoms with Gasteiger partial charge in [0.05, 0.1) is 12.2 Å². The Morgan fingerprint density at radius 1 is 1.32 bits per heavy atom. The van der Waals surface area contributed by atoms with Crippen LogP contribution in [-0.2, 0) is 4.74 Å². The van der Waals surface area contributed by atoms with Crippen LogP contribution < -0.4 is 10.2 Å². The van der Waals surface area contributed by atoms with E-state index in [1.54, 1.807) is 0 Å². The van der Waals surface area contributed by atoms with Crippen LogP contribution in [0.2, 0.25) is 5.02 Å². The summed E-state index contributed by atoms with van der Waals surface area (Å²) in [6.07, 6.45) is 0.525. The zero-order valence-corrected chi connectivity index (χ0v) is 12.9.